The monoisotopic (exact) mass is 272 g/mol. The van der Waals surface area contributed by atoms with Crippen molar-refractivity contribution in [1.29, 1.82) is 0 Å². The highest BCUT2D eigenvalue weighted by atomic mass is 16.2. The molecule has 5 heteroatoms. The predicted molar refractivity (Wildman–Crippen MR) is 73.7 cm³/mol. The lowest BCUT2D eigenvalue weighted by atomic mass is 9.95. The molecule has 0 aliphatic carbocycles. The minimum absolute atomic E-state index is 0.0774. The lowest BCUT2D eigenvalue weighted by molar-refractivity contribution is -0.125. The highest BCUT2D eigenvalue weighted by Crippen LogP contribution is 2.19. The molecule has 0 radical (unpaired) electrons. The van der Waals surface area contributed by atoms with Gasteiger partial charge in [-0.3, -0.25) is 19.7 Å². The summed E-state index contributed by atoms with van der Waals surface area (Å²) in [4.78, 5) is 35.7. The quantitative estimate of drug-likeness (QED) is 0.613. The molecule has 3 N–H and O–H groups in total. The molecule has 0 saturated carbocycles. The van der Waals surface area contributed by atoms with E-state index in [1.807, 2.05) is 31.2 Å². The third-order valence-corrected chi connectivity index (χ3v) is 3.31. The first-order valence-electron chi connectivity index (χ1n) is 6.35. The zero-order valence-corrected chi connectivity index (χ0v) is 11.4. The van der Waals surface area contributed by atoms with Crippen molar-refractivity contribution in [2.75, 3.05) is 0 Å². The van der Waals surface area contributed by atoms with Crippen LogP contribution in [0.2, 0.25) is 0 Å². The molecule has 0 aromatic heterocycles. The van der Waals surface area contributed by atoms with Crippen LogP contribution >= 0.6 is 0 Å². The van der Waals surface area contributed by atoms with Crippen molar-refractivity contribution in [1.82, 2.24) is 5.32 Å². The summed E-state index contributed by atoms with van der Waals surface area (Å²) < 4.78 is 0. The van der Waals surface area contributed by atoms with Crippen LogP contribution in [0.4, 0.5) is 0 Å². The van der Waals surface area contributed by atoms with E-state index in [4.69, 9.17) is 5.73 Å². The number of rotatable bonds is 4. The topological polar surface area (TPSA) is 89.3 Å². The maximum absolute atomic E-state index is 12.3. The van der Waals surface area contributed by atoms with Crippen LogP contribution in [0.1, 0.15) is 18.1 Å². The second kappa shape index (κ2) is 5.38. The van der Waals surface area contributed by atoms with Gasteiger partial charge in [0, 0.05) is 12.5 Å². The Hall–Kier alpha value is -2.27. The molecular weight excluding hydrogens is 256 g/mol. The summed E-state index contributed by atoms with van der Waals surface area (Å²) in [7, 11) is 0. The molecule has 0 spiro atoms. The summed E-state index contributed by atoms with van der Waals surface area (Å²) in [6, 6.07) is 6.77. The standard InChI is InChI=1S/C15H16N2O3/c1-8-5-3-4-6-10(8)7-11(18)13-12(9(2)16)14(19)17-15(13)20/h3-6,9H,7,16H2,1-2H3,(H,17,19,20). The Balaban J connectivity index is 2.35. The molecule has 1 atom stereocenters. The van der Waals surface area contributed by atoms with Gasteiger partial charge in [0.15, 0.2) is 5.78 Å². The number of benzene rings is 1. The number of nitrogens with two attached hydrogens (primary N) is 1. The van der Waals surface area contributed by atoms with Gasteiger partial charge in [-0.15, -0.1) is 0 Å². The largest absolute Gasteiger partial charge is 0.324 e. The van der Waals surface area contributed by atoms with E-state index in [0.29, 0.717) is 0 Å². The summed E-state index contributed by atoms with van der Waals surface area (Å²) in [5.74, 6) is -1.60. The molecule has 20 heavy (non-hydrogen) atoms. The third kappa shape index (κ3) is 2.53. The van der Waals surface area contributed by atoms with Crippen LogP contribution in [0.5, 0.6) is 0 Å². The van der Waals surface area contributed by atoms with Gasteiger partial charge < -0.3 is 5.73 Å². The van der Waals surface area contributed by atoms with Crippen LogP contribution in [0.25, 0.3) is 0 Å². The highest BCUT2D eigenvalue weighted by Gasteiger charge is 2.36. The molecule has 1 aromatic carbocycles. The maximum Gasteiger partial charge on any atom is 0.262 e. The Morgan fingerprint density at radius 1 is 1.25 bits per heavy atom. The number of imide groups is 1. The Bertz CT molecular complexity index is 630. The molecular formula is C15H16N2O3. The minimum atomic E-state index is -0.655. The van der Waals surface area contributed by atoms with Gasteiger partial charge in [-0.05, 0) is 25.0 Å². The smallest absolute Gasteiger partial charge is 0.262 e. The Kier molecular flexibility index (Phi) is 3.81. The fourth-order valence-electron chi connectivity index (χ4n) is 2.25. The van der Waals surface area contributed by atoms with E-state index in [9.17, 15) is 14.4 Å². The number of nitrogens with one attached hydrogen (secondary N) is 1. The van der Waals surface area contributed by atoms with Crippen LogP contribution in [-0.2, 0) is 20.8 Å². The predicted octanol–water partition coefficient (Wildman–Crippen LogP) is 0.407. The Morgan fingerprint density at radius 3 is 2.50 bits per heavy atom. The number of carbonyl (C=O) groups is 3. The normalized spacial score (nSPS) is 16.4. The van der Waals surface area contributed by atoms with Gasteiger partial charge in [0.1, 0.15) is 0 Å². The van der Waals surface area contributed by atoms with Gasteiger partial charge in [-0.1, -0.05) is 24.3 Å². The lowest BCUT2D eigenvalue weighted by Crippen LogP contribution is -2.28. The number of Topliss-reactive ketones (excluding diaryl/α,β-unsaturated/α-hetero) is 1. The number of hydrogen-bond acceptors (Lipinski definition) is 4. The van der Waals surface area contributed by atoms with Crippen LogP contribution < -0.4 is 11.1 Å². The maximum atomic E-state index is 12.3. The third-order valence-electron chi connectivity index (χ3n) is 3.31. The zero-order valence-electron chi connectivity index (χ0n) is 11.4. The second-order valence-electron chi connectivity index (χ2n) is 4.89. The Morgan fingerprint density at radius 2 is 1.90 bits per heavy atom. The van der Waals surface area contributed by atoms with Crippen molar-refractivity contribution in [3.05, 3.63) is 46.5 Å². The molecule has 1 heterocycles. The minimum Gasteiger partial charge on any atom is -0.324 e. The Labute approximate surface area is 116 Å². The summed E-state index contributed by atoms with van der Waals surface area (Å²) in [6.45, 7) is 3.47. The van der Waals surface area contributed by atoms with E-state index >= 15 is 0 Å². The first kappa shape index (κ1) is 14.1. The van der Waals surface area contributed by atoms with Crippen LogP contribution in [0, 0.1) is 6.92 Å². The van der Waals surface area contributed by atoms with Gasteiger partial charge in [-0.2, -0.15) is 0 Å². The molecule has 1 aromatic rings. The summed E-state index contributed by atoms with van der Waals surface area (Å²) in [5, 5.41) is 2.13. The molecule has 0 saturated heterocycles. The molecule has 0 bridgehead atoms. The average Bonchev–Trinajstić information content (AvgIpc) is 2.67. The van der Waals surface area contributed by atoms with Crippen molar-refractivity contribution in [2.24, 2.45) is 5.73 Å². The number of ketones is 1. The number of carbonyl (C=O) groups excluding carboxylic acids is 3. The molecule has 0 fully saturated rings. The SMILES string of the molecule is Cc1ccccc1CC(=O)C1=C(C(C)N)C(=O)NC1=O. The van der Waals surface area contributed by atoms with Crippen molar-refractivity contribution in [2.45, 2.75) is 26.3 Å². The van der Waals surface area contributed by atoms with E-state index in [-0.39, 0.29) is 23.4 Å². The summed E-state index contributed by atoms with van der Waals surface area (Å²) in [6.07, 6.45) is 0.0823. The first-order valence-corrected chi connectivity index (χ1v) is 6.35. The van der Waals surface area contributed by atoms with Gasteiger partial charge in [0.25, 0.3) is 11.8 Å². The zero-order chi connectivity index (χ0) is 14.9. The summed E-state index contributed by atoms with van der Waals surface area (Å²) >= 11 is 0. The van der Waals surface area contributed by atoms with Crippen molar-refractivity contribution < 1.29 is 14.4 Å². The van der Waals surface area contributed by atoms with Crippen molar-refractivity contribution in [3.63, 3.8) is 0 Å². The van der Waals surface area contributed by atoms with Crippen molar-refractivity contribution in [3.8, 4) is 0 Å². The lowest BCUT2D eigenvalue weighted by Gasteiger charge is -2.08. The molecule has 2 rings (SSSR count). The van der Waals surface area contributed by atoms with Gasteiger partial charge >= 0.3 is 0 Å². The molecule has 1 aliphatic heterocycles. The van der Waals surface area contributed by atoms with E-state index in [2.05, 4.69) is 5.32 Å². The van der Waals surface area contributed by atoms with Crippen LogP contribution in [-0.4, -0.2) is 23.6 Å². The fourth-order valence-corrected chi connectivity index (χ4v) is 2.25. The number of amides is 2. The molecule has 1 unspecified atom stereocenters. The van der Waals surface area contributed by atoms with Crippen LogP contribution in [0.15, 0.2) is 35.4 Å². The van der Waals surface area contributed by atoms with E-state index in [0.717, 1.165) is 11.1 Å². The van der Waals surface area contributed by atoms with Gasteiger partial charge in [0.05, 0.1) is 11.1 Å². The molecule has 2 amide bonds. The van der Waals surface area contributed by atoms with E-state index in [1.54, 1.807) is 6.92 Å². The average molecular weight is 272 g/mol. The van der Waals surface area contributed by atoms with Crippen molar-refractivity contribution >= 4 is 17.6 Å². The van der Waals surface area contributed by atoms with Gasteiger partial charge in [0.2, 0.25) is 0 Å². The number of hydrogen-bond donors (Lipinski definition) is 2. The number of aryl methyl sites for hydroxylation is 1. The fraction of sp³-hybridized carbons (Fsp3) is 0.267. The molecule has 1 aliphatic rings. The highest BCUT2D eigenvalue weighted by molar-refractivity contribution is 6.32. The summed E-state index contributed by atoms with van der Waals surface area (Å²) in [5.41, 5.74) is 7.45. The van der Waals surface area contributed by atoms with E-state index < -0.39 is 17.9 Å². The van der Waals surface area contributed by atoms with E-state index in [1.165, 1.54) is 0 Å². The first-order chi connectivity index (χ1) is 9.41. The van der Waals surface area contributed by atoms with Crippen LogP contribution in [0.3, 0.4) is 0 Å². The second-order valence-corrected chi connectivity index (χ2v) is 4.89. The molecule has 5 nitrogen and oxygen atoms in total. The molecule has 104 valence electrons. The van der Waals surface area contributed by atoms with Gasteiger partial charge in [-0.25, -0.2) is 0 Å².